The molecule has 1 aromatic heterocycles. The van der Waals surface area contributed by atoms with E-state index < -0.39 is 23.6 Å². The van der Waals surface area contributed by atoms with Gasteiger partial charge in [0.25, 0.3) is 0 Å². The molecule has 0 spiro atoms. The number of aliphatic hydroxyl groups is 1. The Labute approximate surface area is 185 Å². The summed E-state index contributed by atoms with van der Waals surface area (Å²) in [6.07, 6.45) is 7.69. The van der Waals surface area contributed by atoms with Crippen LogP contribution < -0.4 is 5.32 Å². The van der Waals surface area contributed by atoms with Crippen LogP contribution in [-0.4, -0.2) is 80.5 Å². The average Bonchev–Trinajstić information content (AvgIpc) is 3.33. The Morgan fingerprint density at radius 2 is 1.97 bits per heavy atom. The van der Waals surface area contributed by atoms with Gasteiger partial charge in [0.1, 0.15) is 12.1 Å². The van der Waals surface area contributed by atoms with Crippen LogP contribution in [0, 0.1) is 5.41 Å². The molecule has 1 aliphatic carbocycles. The third-order valence-corrected chi connectivity index (χ3v) is 6.60. The minimum Gasteiger partial charge on any atom is -0.391 e. The fourth-order valence-electron chi connectivity index (χ4n) is 4.93. The number of amides is 2. The molecule has 2 heterocycles. The Hall–Kier alpha value is -2.00. The standard InChI is InChI=1S/C22H38N6O3/c1-22(2,3)19(21(31)27-14-17(29)11-18(27)20(30)23-4)28-13-15(24-25-28)12-26(5)16-9-7-6-8-10-16/h13,16-19,29H,6-12,14H2,1-5H3,(H,23,30)/t17?,18-,19?/m1/s1. The summed E-state index contributed by atoms with van der Waals surface area (Å²) in [4.78, 5) is 29.7. The Morgan fingerprint density at radius 1 is 1.29 bits per heavy atom. The van der Waals surface area contributed by atoms with Gasteiger partial charge in [-0.05, 0) is 25.3 Å². The Balaban J connectivity index is 1.78. The first kappa shape index (κ1) is 23.7. The Morgan fingerprint density at radius 3 is 2.58 bits per heavy atom. The van der Waals surface area contributed by atoms with E-state index in [1.807, 2.05) is 27.0 Å². The second-order valence-electron chi connectivity index (χ2n) is 10.2. The smallest absolute Gasteiger partial charge is 0.248 e. The number of rotatable bonds is 6. The third-order valence-electron chi connectivity index (χ3n) is 6.60. The molecule has 1 aliphatic heterocycles. The molecule has 31 heavy (non-hydrogen) atoms. The predicted octanol–water partition coefficient (Wildman–Crippen LogP) is 1.34. The summed E-state index contributed by atoms with van der Waals surface area (Å²) in [5, 5.41) is 21.4. The highest BCUT2D eigenvalue weighted by molar-refractivity contribution is 5.90. The summed E-state index contributed by atoms with van der Waals surface area (Å²) in [5.41, 5.74) is 0.386. The van der Waals surface area contributed by atoms with Crippen molar-refractivity contribution in [3.8, 4) is 0 Å². The summed E-state index contributed by atoms with van der Waals surface area (Å²) in [5.74, 6) is -0.472. The van der Waals surface area contributed by atoms with E-state index in [1.54, 1.807) is 11.7 Å². The van der Waals surface area contributed by atoms with Crippen LogP contribution in [0.4, 0.5) is 0 Å². The maximum Gasteiger partial charge on any atom is 0.248 e. The SMILES string of the molecule is CNC(=O)[C@H]1CC(O)CN1C(=O)C(n1cc(CN(C)C2CCCCC2)nn1)C(C)(C)C. The molecular weight excluding hydrogens is 396 g/mol. The summed E-state index contributed by atoms with van der Waals surface area (Å²) in [7, 11) is 3.67. The van der Waals surface area contributed by atoms with Crippen molar-refractivity contribution in [2.45, 2.75) is 90.1 Å². The van der Waals surface area contributed by atoms with Gasteiger partial charge in [0.15, 0.2) is 0 Å². The Bertz CT molecular complexity index is 768. The van der Waals surface area contributed by atoms with Crippen molar-refractivity contribution in [1.29, 1.82) is 0 Å². The number of hydrogen-bond donors (Lipinski definition) is 2. The number of β-amino-alcohol motifs (C(OH)–C–C–N with tert-alkyl or cyclic N) is 1. The average molecular weight is 435 g/mol. The first-order valence-corrected chi connectivity index (χ1v) is 11.4. The zero-order valence-corrected chi connectivity index (χ0v) is 19.5. The van der Waals surface area contributed by atoms with Crippen LogP contribution in [0.5, 0.6) is 0 Å². The number of aliphatic hydroxyl groups excluding tert-OH is 1. The molecule has 2 fully saturated rings. The minimum absolute atomic E-state index is 0.148. The first-order valence-electron chi connectivity index (χ1n) is 11.4. The van der Waals surface area contributed by atoms with Crippen LogP contribution >= 0.6 is 0 Å². The lowest BCUT2D eigenvalue weighted by Gasteiger charge is -2.34. The summed E-state index contributed by atoms with van der Waals surface area (Å²) in [6, 6.07) is -0.720. The van der Waals surface area contributed by atoms with Crippen LogP contribution in [-0.2, 0) is 16.1 Å². The maximum absolute atomic E-state index is 13.6. The molecule has 3 atom stereocenters. The number of likely N-dealkylation sites (tertiary alicyclic amines) is 1. The number of carbonyl (C=O) groups excluding carboxylic acids is 2. The van der Waals surface area contributed by atoms with Gasteiger partial charge >= 0.3 is 0 Å². The zero-order chi connectivity index (χ0) is 22.8. The lowest BCUT2D eigenvalue weighted by atomic mass is 9.85. The van der Waals surface area contributed by atoms with Crippen LogP contribution in [0.2, 0.25) is 0 Å². The van der Waals surface area contributed by atoms with Crippen molar-refractivity contribution in [3.05, 3.63) is 11.9 Å². The van der Waals surface area contributed by atoms with Crippen molar-refractivity contribution in [2.24, 2.45) is 5.41 Å². The molecule has 9 nitrogen and oxygen atoms in total. The third kappa shape index (κ3) is 5.44. The molecular formula is C22H38N6O3. The van der Waals surface area contributed by atoms with Gasteiger partial charge in [-0.25, -0.2) is 4.68 Å². The summed E-state index contributed by atoms with van der Waals surface area (Å²) in [6.45, 7) is 6.78. The fourth-order valence-corrected chi connectivity index (χ4v) is 4.93. The monoisotopic (exact) mass is 434 g/mol. The zero-order valence-electron chi connectivity index (χ0n) is 19.5. The van der Waals surface area contributed by atoms with E-state index in [0.29, 0.717) is 12.6 Å². The second-order valence-corrected chi connectivity index (χ2v) is 10.2. The molecule has 9 heteroatoms. The fraction of sp³-hybridized carbons (Fsp3) is 0.818. The molecule has 1 saturated carbocycles. The topological polar surface area (TPSA) is 104 Å². The molecule has 0 radical (unpaired) electrons. The van der Waals surface area contributed by atoms with Gasteiger partial charge in [0.2, 0.25) is 11.8 Å². The van der Waals surface area contributed by atoms with E-state index >= 15 is 0 Å². The largest absolute Gasteiger partial charge is 0.391 e. The van der Waals surface area contributed by atoms with Gasteiger partial charge in [-0.2, -0.15) is 0 Å². The van der Waals surface area contributed by atoms with Crippen molar-refractivity contribution in [1.82, 2.24) is 30.1 Å². The second kappa shape index (κ2) is 9.65. The van der Waals surface area contributed by atoms with E-state index in [4.69, 9.17) is 0 Å². The number of nitrogens with zero attached hydrogens (tertiary/aromatic N) is 5. The number of aromatic nitrogens is 3. The first-order chi connectivity index (χ1) is 14.6. The van der Waals surface area contributed by atoms with Crippen molar-refractivity contribution < 1.29 is 14.7 Å². The molecule has 2 N–H and O–H groups in total. The lowest BCUT2D eigenvalue weighted by Crippen LogP contribution is -2.49. The van der Waals surface area contributed by atoms with Crippen LogP contribution in [0.3, 0.4) is 0 Å². The number of hydrogen-bond acceptors (Lipinski definition) is 6. The van der Waals surface area contributed by atoms with Crippen molar-refractivity contribution >= 4 is 11.8 Å². The summed E-state index contributed by atoms with van der Waals surface area (Å²) < 4.78 is 1.64. The minimum atomic E-state index is -0.706. The van der Waals surface area contributed by atoms with E-state index in [9.17, 15) is 14.7 Å². The molecule has 2 amide bonds. The molecule has 0 bridgehead atoms. The normalized spacial score (nSPS) is 23.9. The highest BCUT2D eigenvalue weighted by atomic mass is 16.3. The molecule has 1 aromatic rings. The predicted molar refractivity (Wildman–Crippen MR) is 117 cm³/mol. The molecule has 174 valence electrons. The quantitative estimate of drug-likeness (QED) is 0.700. The lowest BCUT2D eigenvalue weighted by molar-refractivity contribution is -0.144. The molecule has 1 saturated heterocycles. The van der Waals surface area contributed by atoms with Gasteiger partial charge < -0.3 is 15.3 Å². The molecule has 3 rings (SSSR count). The highest BCUT2D eigenvalue weighted by Gasteiger charge is 2.45. The highest BCUT2D eigenvalue weighted by Crippen LogP contribution is 2.34. The van der Waals surface area contributed by atoms with Crippen LogP contribution in [0.25, 0.3) is 0 Å². The number of carbonyl (C=O) groups is 2. The van der Waals surface area contributed by atoms with Crippen molar-refractivity contribution in [3.63, 3.8) is 0 Å². The van der Waals surface area contributed by atoms with Crippen LogP contribution in [0.15, 0.2) is 6.20 Å². The van der Waals surface area contributed by atoms with E-state index in [1.165, 1.54) is 37.0 Å². The summed E-state index contributed by atoms with van der Waals surface area (Å²) >= 11 is 0. The van der Waals surface area contributed by atoms with E-state index in [-0.39, 0.29) is 24.8 Å². The number of likely N-dealkylation sites (N-methyl/N-ethyl adjacent to an activating group) is 1. The van der Waals surface area contributed by atoms with Gasteiger partial charge in [-0.15, -0.1) is 5.10 Å². The van der Waals surface area contributed by atoms with E-state index in [2.05, 4.69) is 27.6 Å². The molecule has 2 aliphatic rings. The van der Waals surface area contributed by atoms with Gasteiger partial charge in [-0.1, -0.05) is 45.2 Å². The van der Waals surface area contributed by atoms with Crippen molar-refractivity contribution in [2.75, 3.05) is 20.6 Å². The maximum atomic E-state index is 13.6. The van der Waals surface area contributed by atoms with Gasteiger partial charge in [0.05, 0.1) is 18.0 Å². The number of nitrogens with one attached hydrogen (secondary N) is 1. The molecule has 0 aromatic carbocycles. The van der Waals surface area contributed by atoms with Gasteiger partial charge in [0, 0.05) is 32.6 Å². The van der Waals surface area contributed by atoms with Gasteiger partial charge in [-0.3, -0.25) is 14.5 Å². The molecule has 2 unspecified atom stereocenters. The Kier molecular flexibility index (Phi) is 7.36. The van der Waals surface area contributed by atoms with E-state index in [0.717, 1.165) is 5.69 Å². The van der Waals surface area contributed by atoms with Crippen LogP contribution in [0.1, 0.15) is 71.0 Å².